The van der Waals surface area contributed by atoms with Crippen molar-refractivity contribution >= 4 is 17.7 Å². The molecule has 1 N–H and O–H groups in total. The minimum atomic E-state index is 0.0151. The van der Waals surface area contributed by atoms with Crippen LogP contribution in [-0.4, -0.2) is 36.3 Å². The number of carbonyl (C=O) groups excluding carboxylic acids is 1. The van der Waals surface area contributed by atoms with Crippen LogP contribution in [0.4, 0.5) is 0 Å². The molecule has 1 saturated carbocycles. The van der Waals surface area contributed by atoms with Crippen LogP contribution in [0.1, 0.15) is 56.2 Å². The number of allylic oxidation sites excluding steroid dienone is 1. The van der Waals surface area contributed by atoms with Crippen LogP contribution in [0.5, 0.6) is 0 Å². The molecule has 0 bridgehead atoms. The van der Waals surface area contributed by atoms with E-state index in [-0.39, 0.29) is 17.9 Å². The van der Waals surface area contributed by atoms with Crippen LogP contribution in [-0.2, 0) is 4.79 Å². The average molecular weight is 429 g/mol. The van der Waals surface area contributed by atoms with Crippen LogP contribution >= 0.6 is 0 Å². The molecule has 1 saturated heterocycles. The lowest BCUT2D eigenvalue weighted by Crippen LogP contribution is -3.14. The summed E-state index contributed by atoms with van der Waals surface area (Å²) in [5, 5.41) is 6.90. The molecule has 0 aromatic heterocycles. The van der Waals surface area contributed by atoms with E-state index in [1.54, 1.807) is 0 Å². The summed E-state index contributed by atoms with van der Waals surface area (Å²) in [6, 6.07) is 21.0. The summed E-state index contributed by atoms with van der Waals surface area (Å²) < 4.78 is 0. The molecule has 2 heterocycles. The number of hydrogen-bond acceptors (Lipinski definition) is 2. The summed E-state index contributed by atoms with van der Waals surface area (Å²) in [5.41, 5.74) is 4.83. The number of likely N-dealkylation sites (tertiary alicyclic amines) is 1. The lowest BCUT2D eigenvalue weighted by molar-refractivity contribution is -0.898. The van der Waals surface area contributed by atoms with E-state index in [1.807, 2.05) is 17.1 Å². The number of carbonyl (C=O) groups is 1. The molecule has 4 nitrogen and oxygen atoms in total. The van der Waals surface area contributed by atoms with Gasteiger partial charge in [-0.2, -0.15) is 5.10 Å². The van der Waals surface area contributed by atoms with E-state index in [4.69, 9.17) is 5.10 Å². The molecule has 5 rings (SSSR count). The number of quaternary nitrogens is 1. The zero-order valence-corrected chi connectivity index (χ0v) is 19.0. The van der Waals surface area contributed by atoms with Crippen LogP contribution < -0.4 is 4.90 Å². The smallest absolute Gasteiger partial charge is 0.298 e. The Balaban J connectivity index is 1.45. The number of piperidine rings is 1. The van der Waals surface area contributed by atoms with Crippen molar-refractivity contribution in [3.8, 4) is 0 Å². The van der Waals surface area contributed by atoms with Gasteiger partial charge in [-0.05, 0) is 60.8 Å². The van der Waals surface area contributed by atoms with Crippen LogP contribution in [0.3, 0.4) is 0 Å². The molecule has 0 radical (unpaired) electrons. The molecule has 2 aliphatic heterocycles. The molecule has 2 fully saturated rings. The minimum absolute atomic E-state index is 0.0151. The summed E-state index contributed by atoms with van der Waals surface area (Å²) in [7, 11) is 0. The maximum absolute atomic E-state index is 13.6. The second-order valence-corrected chi connectivity index (χ2v) is 9.77. The van der Waals surface area contributed by atoms with Gasteiger partial charge in [0.25, 0.3) is 5.91 Å². The quantitative estimate of drug-likeness (QED) is 0.781. The van der Waals surface area contributed by atoms with Gasteiger partial charge in [0.2, 0.25) is 0 Å². The first-order chi connectivity index (χ1) is 15.7. The zero-order valence-electron chi connectivity index (χ0n) is 19.0. The molecule has 2 aromatic rings. The highest BCUT2D eigenvalue weighted by molar-refractivity contribution is 6.08. The Labute approximate surface area is 191 Å². The average Bonchev–Trinajstić information content (AvgIpc) is 3.23. The molecule has 2 aromatic carbocycles. The molecule has 1 amide bonds. The van der Waals surface area contributed by atoms with E-state index in [2.05, 4.69) is 61.5 Å². The molecule has 4 heteroatoms. The monoisotopic (exact) mass is 428 g/mol. The van der Waals surface area contributed by atoms with Gasteiger partial charge >= 0.3 is 0 Å². The van der Waals surface area contributed by atoms with Crippen molar-refractivity contribution in [3.63, 3.8) is 0 Å². The van der Waals surface area contributed by atoms with E-state index < -0.39 is 0 Å². The Morgan fingerprint density at radius 3 is 2.44 bits per heavy atom. The molecule has 3 aliphatic rings. The Morgan fingerprint density at radius 1 is 1.03 bits per heavy atom. The van der Waals surface area contributed by atoms with E-state index in [9.17, 15) is 4.79 Å². The Morgan fingerprint density at radius 2 is 1.72 bits per heavy atom. The van der Waals surface area contributed by atoms with Gasteiger partial charge in [0, 0.05) is 5.92 Å². The number of nitrogens with zero attached hydrogens (tertiary/aromatic N) is 2. The topological polar surface area (TPSA) is 37.1 Å². The molecule has 166 valence electrons. The molecule has 2 atom stereocenters. The highest BCUT2D eigenvalue weighted by Gasteiger charge is 2.44. The van der Waals surface area contributed by atoms with Gasteiger partial charge in [-0.1, -0.05) is 67.6 Å². The van der Waals surface area contributed by atoms with Gasteiger partial charge in [0.15, 0.2) is 6.54 Å². The number of amides is 1. The third-order valence-electron chi connectivity index (χ3n) is 7.42. The summed E-state index contributed by atoms with van der Waals surface area (Å²) >= 11 is 0. The largest absolute Gasteiger partial charge is 0.327 e. The maximum Gasteiger partial charge on any atom is 0.298 e. The zero-order chi connectivity index (χ0) is 21.9. The Kier molecular flexibility index (Phi) is 6.22. The van der Waals surface area contributed by atoms with Crippen molar-refractivity contribution in [2.45, 2.75) is 45.1 Å². The van der Waals surface area contributed by atoms with E-state index in [0.29, 0.717) is 6.54 Å². The SMILES string of the molecule is CC1CC[NH+](CC(=O)N2N=C3/C(=C/c4ccccc4)CCC[C@H]3[C@H]2c2ccccc2)CC1. The summed E-state index contributed by atoms with van der Waals surface area (Å²) in [4.78, 5) is 15.0. The number of hydrogen-bond donors (Lipinski definition) is 1. The highest BCUT2D eigenvalue weighted by atomic mass is 16.2. The van der Waals surface area contributed by atoms with Gasteiger partial charge in [-0.15, -0.1) is 0 Å². The van der Waals surface area contributed by atoms with E-state index in [0.717, 1.165) is 44.0 Å². The fraction of sp³-hybridized carbons (Fsp3) is 0.429. The fourth-order valence-electron chi connectivity index (χ4n) is 5.58. The van der Waals surface area contributed by atoms with Gasteiger partial charge < -0.3 is 4.90 Å². The fourth-order valence-corrected chi connectivity index (χ4v) is 5.58. The predicted molar refractivity (Wildman–Crippen MR) is 129 cm³/mol. The highest BCUT2D eigenvalue weighted by Crippen LogP contribution is 2.44. The lowest BCUT2D eigenvalue weighted by Gasteiger charge is -2.31. The van der Waals surface area contributed by atoms with Crippen LogP contribution in [0, 0.1) is 11.8 Å². The van der Waals surface area contributed by atoms with Gasteiger partial charge in [-0.3, -0.25) is 4.79 Å². The first-order valence-corrected chi connectivity index (χ1v) is 12.2. The Bertz CT molecular complexity index is 990. The third-order valence-corrected chi connectivity index (χ3v) is 7.42. The van der Waals surface area contributed by atoms with Crippen molar-refractivity contribution < 1.29 is 9.69 Å². The predicted octanol–water partition coefficient (Wildman–Crippen LogP) is 4.12. The third kappa shape index (κ3) is 4.42. The number of rotatable bonds is 4. The first kappa shape index (κ1) is 21.1. The maximum atomic E-state index is 13.6. The number of benzene rings is 2. The normalized spacial score (nSPS) is 29.0. The van der Waals surface area contributed by atoms with E-state index in [1.165, 1.54) is 34.4 Å². The minimum Gasteiger partial charge on any atom is -0.327 e. The standard InChI is InChI=1S/C28H33N3O/c1-21-15-17-30(18-16-21)20-26(32)31-28(23-11-6-3-7-12-23)25-14-8-13-24(27(25)29-31)19-22-9-4-2-5-10-22/h2-7,9-12,19,21,25,28H,8,13-18,20H2,1H3/p+1/b24-19+/t25-,28-/m1/s1. The first-order valence-electron chi connectivity index (χ1n) is 12.2. The summed E-state index contributed by atoms with van der Waals surface area (Å²) in [5.74, 6) is 1.23. The molecular formula is C28H34N3O+. The Hall–Kier alpha value is -2.72. The summed E-state index contributed by atoms with van der Waals surface area (Å²) in [6.45, 7) is 5.06. The second kappa shape index (κ2) is 9.41. The summed E-state index contributed by atoms with van der Waals surface area (Å²) in [6.07, 6.45) is 7.96. The van der Waals surface area contributed by atoms with Crippen LogP contribution in [0.25, 0.3) is 6.08 Å². The van der Waals surface area contributed by atoms with Crippen LogP contribution in [0.2, 0.25) is 0 Å². The molecule has 1 aliphatic carbocycles. The van der Waals surface area contributed by atoms with Gasteiger partial charge in [0.05, 0.1) is 24.8 Å². The molecule has 0 spiro atoms. The molecular weight excluding hydrogens is 394 g/mol. The van der Waals surface area contributed by atoms with Gasteiger partial charge in [-0.25, -0.2) is 5.01 Å². The van der Waals surface area contributed by atoms with Gasteiger partial charge in [0.1, 0.15) is 0 Å². The number of nitrogens with one attached hydrogen (secondary N) is 1. The van der Waals surface area contributed by atoms with Crippen LogP contribution in [0.15, 0.2) is 71.3 Å². The van der Waals surface area contributed by atoms with E-state index >= 15 is 0 Å². The molecule has 32 heavy (non-hydrogen) atoms. The number of fused-ring (bicyclic) bond motifs is 1. The second-order valence-electron chi connectivity index (χ2n) is 9.77. The number of hydrazone groups is 1. The van der Waals surface area contributed by atoms with Crippen molar-refractivity contribution in [3.05, 3.63) is 77.4 Å². The van der Waals surface area contributed by atoms with Crippen molar-refractivity contribution in [2.24, 2.45) is 16.9 Å². The molecule has 0 unspecified atom stereocenters. The van der Waals surface area contributed by atoms with Crippen molar-refractivity contribution in [2.75, 3.05) is 19.6 Å². The van der Waals surface area contributed by atoms with Crippen molar-refractivity contribution in [1.29, 1.82) is 0 Å². The lowest BCUT2D eigenvalue weighted by atomic mass is 9.77. The van der Waals surface area contributed by atoms with Crippen molar-refractivity contribution in [1.82, 2.24) is 5.01 Å².